The quantitative estimate of drug-likeness (QED) is 0.672. The smallest absolute Gasteiger partial charge is 0.337 e. The molecule has 0 aliphatic rings. The zero-order chi connectivity index (χ0) is 15.4. The summed E-state index contributed by atoms with van der Waals surface area (Å²) in [5.41, 5.74) is -0.337. The molecule has 21 heavy (non-hydrogen) atoms. The predicted molar refractivity (Wildman–Crippen MR) is 77.2 cm³/mol. The normalized spacial score (nSPS) is 10.1. The molecule has 0 fully saturated rings. The number of non-ortho nitro benzene ring substituents is 1. The average molecular weight is 305 g/mol. The van der Waals surface area contributed by atoms with Gasteiger partial charge in [0.15, 0.2) is 0 Å². The SMILES string of the molecule is COc1ccc(Sc2ccc([N+](=O)[O-])cc2C(=O)O)cc1. The Morgan fingerprint density at radius 1 is 1.24 bits per heavy atom. The Morgan fingerprint density at radius 3 is 2.43 bits per heavy atom. The molecule has 1 N–H and O–H groups in total. The molecule has 0 atom stereocenters. The van der Waals surface area contributed by atoms with E-state index in [0.29, 0.717) is 10.6 Å². The highest BCUT2D eigenvalue weighted by molar-refractivity contribution is 7.99. The molecular weight excluding hydrogens is 294 g/mol. The lowest BCUT2D eigenvalue weighted by Crippen LogP contribution is -2.00. The van der Waals surface area contributed by atoms with Gasteiger partial charge < -0.3 is 9.84 Å². The molecule has 2 aromatic carbocycles. The number of benzene rings is 2. The van der Waals surface area contributed by atoms with E-state index in [1.165, 1.54) is 23.9 Å². The molecular formula is C14H11NO5S. The van der Waals surface area contributed by atoms with Crippen LogP contribution in [0.5, 0.6) is 5.75 Å². The number of nitro benzene ring substituents is 1. The summed E-state index contributed by atoms with van der Waals surface area (Å²) in [5, 5.41) is 19.9. The fourth-order valence-electron chi connectivity index (χ4n) is 1.66. The minimum Gasteiger partial charge on any atom is -0.497 e. The molecule has 0 spiro atoms. The van der Waals surface area contributed by atoms with Crippen LogP contribution in [0.2, 0.25) is 0 Å². The van der Waals surface area contributed by atoms with E-state index in [2.05, 4.69) is 0 Å². The number of carboxylic acids is 1. The van der Waals surface area contributed by atoms with E-state index in [4.69, 9.17) is 4.74 Å². The van der Waals surface area contributed by atoms with Crippen molar-refractivity contribution in [2.24, 2.45) is 0 Å². The fourth-order valence-corrected chi connectivity index (χ4v) is 2.58. The number of aromatic carboxylic acids is 1. The maximum Gasteiger partial charge on any atom is 0.337 e. The van der Waals surface area contributed by atoms with Crippen LogP contribution in [0, 0.1) is 10.1 Å². The minimum atomic E-state index is -1.20. The molecule has 0 aliphatic heterocycles. The topological polar surface area (TPSA) is 89.7 Å². The highest BCUT2D eigenvalue weighted by Gasteiger charge is 2.16. The van der Waals surface area contributed by atoms with E-state index < -0.39 is 10.9 Å². The lowest BCUT2D eigenvalue weighted by Gasteiger charge is -2.06. The third kappa shape index (κ3) is 3.51. The summed E-state index contributed by atoms with van der Waals surface area (Å²) in [6.07, 6.45) is 0. The minimum absolute atomic E-state index is 0.0926. The zero-order valence-corrected chi connectivity index (χ0v) is 11.8. The van der Waals surface area contributed by atoms with Crippen molar-refractivity contribution in [3.8, 4) is 5.75 Å². The summed E-state index contributed by atoms with van der Waals surface area (Å²) in [6.45, 7) is 0. The Hall–Kier alpha value is -2.54. The Kier molecular flexibility index (Phi) is 4.44. The van der Waals surface area contributed by atoms with Crippen LogP contribution in [0.1, 0.15) is 10.4 Å². The molecule has 0 bridgehead atoms. The van der Waals surface area contributed by atoms with Gasteiger partial charge in [-0.2, -0.15) is 0 Å². The van der Waals surface area contributed by atoms with E-state index in [9.17, 15) is 20.0 Å². The molecule has 0 heterocycles. The van der Waals surface area contributed by atoms with Crippen LogP contribution in [-0.4, -0.2) is 23.1 Å². The average Bonchev–Trinajstić information content (AvgIpc) is 2.48. The molecule has 0 radical (unpaired) electrons. The molecule has 7 heteroatoms. The number of carboxylic acid groups (broad SMARTS) is 1. The van der Waals surface area contributed by atoms with Gasteiger partial charge in [-0.15, -0.1) is 0 Å². The Labute approximate surface area is 124 Å². The Bertz CT molecular complexity index is 684. The maximum atomic E-state index is 11.2. The van der Waals surface area contributed by atoms with Gasteiger partial charge in [0.05, 0.1) is 17.6 Å². The van der Waals surface area contributed by atoms with E-state index in [0.717, 1.165) is 11.0 Å². The zero-order valence-electron chi connectivity index (χ0n) is 11.0. The molecule has 6 nitrogen and oxygen atoms in total. The van der Waals surface area contributed by atoms with Gasteiger partial charge in [-0.25, -0.2) is 4.79 Å². The number of nitrogens with zero attached hydrogens (tertiary/aromatic N) is 1. The van der Waals surface area contributed by atoms with Crippen LogP contribution in [0.15, 0.2) is 52.3 Å². The second kappa shape index (κ2) is 6.27. The second-order valence-corrected chi connectivity index (χ2v) is 5.14. The van der Waals surface area contributed by atoms with Gasteiger partial charge in [0.25, 0.3) is 5.69 Å². The van der Waals surface area contributed by atoms with Gasteiger partial charge in [0.1, 0.15) is 5.75 Å². The first kappa shape index (κ1) is 14.9. The third-order valence-corrected chi connectivity index (χ3v) is 3.78. The van der Waals surface area contributed by atoms with Gasteiger partial charge in [-0.3, -0.25) is 10.1 Å². The van der Waals surface area contributed by atoms with E-state index in [-0.39, 0.29) is 11.3 Å². The van der Waals surface area contributed by atoms with Crippen molar-refractivity contribution in [3.05, 3.63) is 58.1 Å². The van der Waals surface area contributed by atoms with Crippen molar-refractivity contribution in [1.29, 1.82) is 0 Å². The van der Waals surface area contributed by atoms with Crippen LogP contribution < -0.4 is 4.74 Å². The van der Waals surface area contributed by atoms with Crippen molar-refractivity contribution >= 4 is 23.4 Å². The van der Waals surface area contributed by atoms with Gasteiger partial charge in [0.2, 0.25) is 0 Å². The lowest BCUT2D eigenvalue weighted by molar-refractivity contribution is -0.384. The molecule has 0 saturated heterocycles. The predicted octanol–water partition coefficient (Wildman–Crippen LogP) is 3.45. The number of nitro groups is 1. The monoisotopic (exact) mass is 305 g/mol. The molecule has 0 aliphatic carbocycles. The number of rotatable bonds is 5. The number of hydrogen-bond acceptors (Lipinski definition) is 5. The molecule has 0 unspecified atom stereocenters. The van der Waals surface area contributed by atoms with Crippen LogP contribution in [0.4, 0.5) is 5.69 Å². The summed E-state index contributed by atoms with van der Waals surface area (Å²) < 4.78 is 5.05. The van der Waals surface area contributed by atoms with Gasteiger partial charge in [-0.1, -0.05) is 11.8 Å². The van der Waals surface area contributed by atoms with E-state index >= 15 is 0 Å². The van der Waals surface area contributed by atoms with Crippen LogP contribution in [-0.2, 0) is 0 Å². The van der Waals surface area contributed by atoms with Crippen molar-refractivity contribution < 1.29 is 19.6 Å². The van der Waals surface area contributed by atoms with Crippen molar-refractivity contribution in [2.75, 3.05) is 7.11 Å². The summed E-state index contributed by atoms with van der Waals surface area (Å²) in [4.78, 5) is 22.6. The molecule has 0 saturated carbocycles. The number of ether oxygens (including phenoxy) is 1. The second-order valence-electron chi connectivity index (χ2n) is 4.02. The van der Waals surface area contributed by atoms with E-state index in [1.807, 2.05) is 0 Å². The number of hydrogen-bond donors (Lipinski definition) is 1. The molecule has 2 rings (SSSR count). The Morgan fingerprint density at radius 2 is 1.90 bits per heavy atom. The van der Waals surface area contributed by atoms with E-state index in [1.54, 1.807) is 31.4 Å². The Balaban J connectivity index is 2.34. The van der Waals surface area contributed by atoms with Crippen molar-refractivity contribution in [3.63, 3.8) is 0 Å². The van der Waals surface area contributed by atoms with Crippen LogP contribution >= 0.6 is 11.8 Å². The third-order valence-electron chi connectivity index (χ3n) is 2.69. The first-order valence-electron chi connectivity index (χ1n) is 5.85. The standard InChI is InChI=1S/C14H11NO5S/c1-20-10-3-5-11(6-4-10)21-13-7-2-9(15(18)19)8-12(13)14(16)17/h2-8H,1H3,(H,16,17). The van der Waals surface area contributed by atoms with Gasteiger partial charge in [0, 0.05) is 21.9 Å². The summed E-state index contributed by atoms with van der Waals surface area (Å²) in [5.74, 6) is -0.504. The molecule has 0 aromatic heterocycles. The first-order valence-corrected chi connectivity index (χ1v) is 6.66. The lowest BCUT2D eigenvalue weighted by atomic mass is 10.2. The summed E-state index contributed by atoms with van der Waals surface area (Å²) in [6, 6.07) is 10.9. The molecule has 2 aromatic rings. The fraction of sp³-hybridized carbons (Fsp3) is 0.0714. The molecule has 0 amide bonds. The molecule has 108 valence electrons. The number of carbonyl (C=O) groups is 1. The van der Waals surface area contributed by atoms with Gasteiger partial charge >= 0.3 is 5.97 Å². The highest BCUT2D eigenvalue weighted by Crippen LogP contribution is 2.33. The van der Waals surface area contributed by atoms with Crippen molar-refractivity contribution in [1.82, 2.24) is 0 Å². The highest BCUT2D eigenvalue weighted by atomic mass is 32.2. The number of methoxy groups -OCH3 is 1. The van der Waals surface area contributed by atoms with Gasteiger partial charge in [-0.05, 0) is 30.3 Å². The first-order chi connectivity index (χ1) is 10.0. The van der Waals surface area contributed by atoms with Crippen LogP contribution in [0.25, 0.3) is 0 Å². The van der Waals surface area contributed by atoms with Crippen molar-refractivity contribution in [2.45, 2.75) is 9.79 Å². The van der Waals surface area contributed by atoms with Crippen LogP contribution in [0.3, 0.4) is 0 Å². The summed E-state index contributed by atoms with van der Waals surface area (Å²) >= 11 is 1.22. The largest absolute Gasteiger partial charge is 0.497 e. The summed E-state index contributed by atoms with van der Waals surface area (Å²) in [7, 11) is 1.56. The maximum absolute atomic E-state index is 11.2.